The zero-order chi connectivity index (χ0) is 19.1. The quantitative estimate of drug-likeness (QED) is 0.562. The van der Waals surface area contributed by atoms with Gasteiger partial charge in [-0.1, -0.05) is 23.4 Å². The van der Waals surface area contributed by atoms with E-state index in [4.69, 9.17) is 14.2 Å². The monoisotopic (exact) mass is 366 g/mol. The highest BCUT2D eigenvalue weighted by atomic mass is 16.5. The van der Waals surface area contributed by atoms with Gasteiger partial charge in [-0.2, -0.15) is 0 Å². The summed E-state index contributed by atoms with van der Waals surface area (Å²) in [6.45, 7) is 0. The molecule has 1 aromatic heterocycles. The summed E-state index contributed by atoms with van der Waals surface area (Å²) in [6, 6.07) is 10.1. The molecule has 0 amide bonds. The van der Waals surface area contributed by atoms with Crippen molar-refractivity contribution in [2.45, 2.75) is 12.8 Å². The van der Waals surface area contributed by atoms with Gasteiger partial charge in [0.05, 0.1) is 32.7 Å². The summed E-state index contributed by atoms with van der Waals surface area (Å²) >= 11 is 0. The number of rotatable bonds is 3. The Balaban J connectivity index is 2.20. The van der Waals surface area contributed by atoms with E-state index in [2.05, 4.69) is 21.9 Å². The van der Waals surface area contributed by atoms with Crippen LogP contribution in [0.4, 0.5) is 0 Å². The molecule has 0 bridgehead atoms. The summed E-state index contributed by atoms with van der Waals surface area (Å²) in [5, 5.41) is 14.4. The number of ether oxygens (including phenoxy) is 3. The van der Waals surface area contributed by atoms with Gasteiger partial charge in [0.15, 0.2) is 11.5 Å². The average molecular weight is 366 g/mol. The first-order chi connectivity index (χ1) is 13.2. The number of fused-ring (bicyclic) bond motifs is 5. The Morgan fingerprint density at radius 3 is 2.37 bits per heavy atom. The Labute approximate surface area is 157 Å². The standard InChI is InChI=1S/C21H22N2O4/c1-23-15-8-6-5-7-13(15)18-14(22-24)10-9-12-11-16(25-2)20(26-3)21(27-4)17(12)19(18)23/h5-8,11,24H,9-10H2,1-4H3/b22-14-. The molecule has 0 radical (unpaired) electrons. The molecule has 140 valence electrons. The maximum absolute atomic E-state index is 9.74. The molecule has 1 aliphatic rings. The van der Waals surface area contributed by atoms with Gasteiger partial charge < -0.3 is 24.0 Å². The lowest BCUT2D eigenvalue weighted by Crippen LogP contribution is -2.03. The fourth-order valence-corrected chi connectivity index (χ4v) is 4.12. The number of hydrogen-bond donors (Lipinski definition) is 1. The van der Waals surface area contributed by atoms with E-state index in [0.29, 0.717) is 35.8 Å². The van der Waals surface area contributed by atoms with Gasteiger partial charge in [0, 0.05) is 29.1 Å². The molecule has 0 spiro atoms. The van der Waals surface area contributed by atoms with E-state index in [1.807, 2.05) is 25.2 Å². The minimum absolute atomic E-state index is 0.555. The number of methoxy groups -OCH3 is 3. The van der Waals surface area contributed by atoms with Crippen molar-refractivity contribution in [3.8, 4) is 28.5 Å². The molecule has 0 unspecified atom stereocenters. The third-order valence-electron chi connectivity index (χ3n) is 5.30. The largest absolute Gasteiger partial charge is 0.493 e. The Bertz CT molecular complexity index is 1070. The van der Waals surface area contributed by atoms with E-state index in [0.717, 1.165) is 33.3 Å². The first-order valence-corrected chi connectivity index (χ1v) is 8.77. The molecule has 1 N–H and O–H groups in total. The summed E-state index contributed by atoms with van der Waals surface area (Å²) in [5.74, 6) is 1.80. The molecule has 3 aromatic rings. The van der Waals surface area contributed by atoms with E-state index >= 15 is 0 Å². The van der Waals surface area contributed by atoms with Gasteiger partial charge in [-0.25, -0.2) is 0 Å². The molecule has 1 heterocycles. The lowest BCUT2D eigenvalue weighted by atomic mass is 9.99. The second kappa shape index (κ2) is 6.54. The molecule has 0 aliphatic heterocycles. The van der Waals surface area contributed by atoms with E-state index in [1.165, 1.54) is 0 Å². The van der Waals surface area contributed by atoms with Crippen LogP contribution in [0.25, 0.3) is 22.2 Å². The van der Waals surface area contributed by atoms with Crippen LogP contribution < -0.4 is 14.2 Å². The van der Waals surface area contributed by atoms with Crippen LogP contribution >= 0.6 is 0 Å². The lowest BCUT2D eigenvalue weighted by Gasteiger charge is -2.19. The second-order valence-corrected chi connectivity index (χ2v) is 6.53. The number of aromatic nitrogens is 1. The van der Waals surface area contributed by atoms with Gasteiger partial charge in [0.25, 0.3) is 0 Å². The number of para-hydroxylation sites is 1. The molecule has 4 rings (SSSR count). The van der Waals surface area contributed by atoms with Crippen molar-refractivity contribution >= 4 is 16.6 Å². The van der Waals surface area contributed by atoms with E-state index in [9.17, 15) is 5.21 Å². The van der Waals surface area contributed by atoms with Crippen molar-refractivity contribution in [2.24, 2.45) is 12.2 Å². The summed E-state index contributed by atoms with van der Waals surface area (Å²) < 4.78 is 19.0. The van der Waals surface area contributed by atoms with Crippen molar-refractivity contribution in [3.05, 3.63) is 41.5 Å². The molecular weight excluding hydrogens is 344 g/mol. The van der Waals surface area contributed by atoms with Crippen molar-refractivity contribution in [1.29, 1.82) is 0 Å². The van der Waals surface area contributed by atoms with Crippen molar-refractivity contribution in [3.63, 3.8) is 0 Å². The summed E-state index contributed by atoms with van der Waals surface area (Å²) in [5.41, 5.74) is 5.62. The Hall–Kier alpha value is -3.15. The van der Waals surface area contributed by atoms with Gasteiger partial charge >= 0.3 is 0 Å². The van der Waals surface area contributed by atoms with Gasteiger partial charge in [0.1, 0.15) is 0 Å². The van der Waals surface area contributed by atoms with Crippen LogP contribution in [0.15, 0.2) is 35.5 Å². The van der Waals surface area contributed by atoms with E-state index in [1.54, 1.807) is 21.3 Å². The topological polar surface area (TPSA) is 65.2 Å². The number of aryl methyl sites for hydroxylation is 2. The predicted molar refractivity (Wildman–Crippen MR) is 105 cm³/mol. The highest BCUT2D eigenvalue weighted by Crippen LogP contribution is 2.50. The third-order valence-corrected chi connectivity index (χ3v) is 5.30. The van der Waals surface area contributed by atoms with E-state index in [-0.39, 0.29) is 0 Å². The Morgan fingerprint density at radius 2 is 1.70 bits per heavy atom. The highest BCUT2D eigenvalue weighted by molar-refractivity contribution is 6.17. The molecule has 0 atom stereocenters. The summed E-state index contributed by atoms with van der Waals surface area (Å²) in [6.07, 6.45) is 1.32. The number of oxime groups is 1. The van der Waals surface area contributed by atoms with Gasteiger partial charge in [-0.3, -0.25) is 0 Å². The molecule has 2 aromatic carbocycles. The predicted octanol–water partition coefficient (Wildman–Crippen LogP) is 4.00. The summed E-state index contributed by atoms with van der Waals surface area (Å²) in [4.78, 5) is 0. The fraction of sp³-hybridized carbons (Fsp3) is 0.286. The normalized spacial score (nSPS) is 14.6. The Kier molecular flexibility index (Phi) is 4.18. The maximum Gasteiger partial charge on any atom is 0.203 e. The number of benzene rings is 2. The zero-order valence-electron chi connectivity index (χ0n) is 15.9. The smallest absolute Gasteiger partial charge is 0.203 e. The van der Waals surface area contributed by atoms with Gasteiger partial charge in [0.2, 0.25) is 5.75 Å². The first kappa shape index (κ1) is 17.3. The molecule has 0 saturated heterocycles. The minimum atomic E-state index is 0.555. The van der Waals surface area contributed by atoms with Crippen LogP contribution in [0, 0.1) is 0 Å². The number of hydrogen-bond acceptors (Lipinski definition) is 5. The van der Waals surface area contributed by atoms with Crippen LogP contribution in [-0.2, 0) is 13.5 Å². The lowest BCUT2D eigenvalue weighted by molar-refractivity contribution is 0.318. The van der Waals surface area contributed by atoms with Gasteiger partial charge in [-0.05, 0) is 30.5 Å². The zero-order valence-corrected chi connectivity index (χ0v) is 15.9. The second-order valence-electron chi connectivity index (χ2n) is 6.53. The molecule has 0 saturated carbocycles. The van der Waals surface area contributed by atoms with Crippen LogP contribution in [0.3, 0.4) is 0 Å². The van der Waals surface area contributed by atoms with Crippen molar-refractivity contribution in [1.82, 2.24) is 4.57 Å². The maximum atomic E-state index is 9.74. The SMILES string of the molecule is COc1cc2c(c(OC)c1OC)-c1c(c3ccccc3n1C)/C(=N\O)CC2. The minimum Gasteiger partial charge on any atom is -0.493 e. The van der Waals surface area contributed by atoms with Crippen LogP contribution in [0.2, 0.25) is 0 Å². The van der Waals surface area contributed by atoms with Crippen LogP contribution in [0.1, 0.15) is 17.5 Å². The van der Waals surface area contributed by atoms with Crippen LogP contribution in [0.5, 0.6) is 17.2 Å². The molecule has 27 heavy (non-hydrogen) atoms. The first-order valence-electron chi connectivity index (χ1n) is 8.77. The fourth-order valence-electron chi connectivity index (χ4n) is 4.12. The summed E-state index contributed by atoms with van der Waals surface area (Å²) in [7, 11) is 6.86. The van der Waals surface area contributed by atoms with Crippen molar-refractivity contribution in [2.75, 3.05) is 21.3 Å². The number of nitrogens with zero attached hydrogens (tertiary/aromatic N) is 2. The van der Waals surface area contributed by atoms with E-state index < -0.39 is 0 Å². The molecule has 6 nitrogen and oxygen atoms in total. The molecule has 0 fully saturated rings. The van der Waals surface area contributed by atoms with Gasteiger partial charge in [-0.15, -0.1) is 0 Å². The molecule has 1 aliphatic carbocycles. The van der Waals surface area contributed by atoms with Crippen LogP contribution in [-0.4, -0.2) is 36.8 Å². The van der Waals surface area contributed by atoms with Crippen molar-refractivity contribution < 1.29 is 19.4 Å². The molecule has 6 heteroatoms. The average Bonchev–Trinajstić information content (AvgIpc) is 2.89. The molecular formula is C21H22N2O4. The third kappa shape index (κ3) is 2.36. The highest BCUT2D eigenvalue weighted by Gasteiger charge is 2.31. The Morgan fingerprint density at radius 1 is 0.963 bits per heavy atom.